The van der Waals surface area contributed by atoms with E-state index in [1.54, 1.807) is 23.5 Å². The van der Waals surface area contributed by atoms with E-state index < -0.39 is 6.61 Å². The number of rotatable bonds is 6. The van der Waals surface area contributed by atoms with E-state index in [9.17, 15) is 8.78 Å². The Morgan fingerprint density at radius 1 is 1.00 bits per heavy atom. The molecule has 1 heterocycles. The number of hydrogen-bond donors (Lipinski definition) is 0. The van der Waals surface area contributed by atoms with Crippen molar-refractivity contribution in [2.24, 2.45) is 4.99 Å². The summed E-state index contributed by atoms with van der Waals surface area (Å²) in [6, 6.07) is 15.7. The molecule has 1 aromatic heterocycles. The lowest BCUT2D eigenvalue weighted by atomic mass is 10.0. The number of benzene rings is 2. The van der Waals surface area contributed by atoms with Crippen LogP contribution in [0.15, 0.2) is 58.9 Å². The summed E-state index contributed by atoms with van der Waals surface area (Å²) in [6.45, 7) is 1.56. The van der Waals surface area contributed by atoms with Gasteiger partial charge in [0.1, 0.15) is 5.75 Å². The summed E-state index contributed by atoms with van der Waals surface area (Å²) < 4.78 is 31.7. The van der Waals surface area contributed by atoms with E-state index in [4.69, 9.17) is 4.99 Å². The van der Waals surface area contributed by atoms with E-state index >= 15 is 0 Å². The molecule has 0 saturated heterocycles. The highest BCUT2D eigenvalue weighted by Gasteiger charge is 2.21. The van der Waals surface area contributed by atoms with Crippen LogP contribution in [0.4, 0.5) is 14.5 Å². The van der Waals surface area contributed by atoms with Gasteiger partial charge in [-0.2, -0.15) is 8.78 Å². The van der Waals surface area contributed by atoms with E-state index in [1.807, 2.05) is 12.1 Å². The van der Waals surface area contributed by atoms with Crippen molar-refractivity contribution in [2.45, 2.75) is 58.1 Å². The lowest BCUT2D eigenvalue weighted by Crippen LogP contribution is -2.19. The van der Waals surface area contributed by atoms with Gasteiger partial charge < -0.3 is 9.30 Å². The quantitative estimate of drug-likeness (QED) is 0.405. The van der Waals surface area contributed by atoms with E-state index in [-0.39, 0.29) is 5.75 Å². The van der Waals surface area contributed by atoms with E-state index in [2.05, 4.69) is 52.8 Å². The van der Waals surface area contributed by atoms with Gasteiger partial charge >= 0.3 is 6.61 Å². The molecule has 0 unspecified atom stereocenters. The van der Waals surface area contributed by atoms with Gasteiger partial charge in [-0.15, -0.1) is 11.3 Å². The lowest BCUT2D eigenvalue weighted by molar-refractivity contribution is -0.0498. The molecule has 1 aliphatic rings. The highest BCUT2D eigenvalue weighted by Crippen LogP contribution is 2.34. The van der Waals surface area contributed by atoms with Gasteiger partial charge in [0.15, 0.2) is 4.80 Å². The fourth-order valence-electron chi connectivity index (χ4n) is 3.98. The number of alkyl halides is 2. The first kappa shape index (κ1) is 20.8. The molecular formula is C24H26F2N2OS. The zero-order valence-corrected chi connectivity index (χ0v) is 18.0. The minimum Gasteiger partial charge on any atom is -0.435 e. The molecule has 0 atom stereocenters. The molecule has 6 heteroatoms. The number of hydrogen-bond acceptors (Lipinski definition) is 3. The monoisotopic (exact) mass is 428 g/mol. The number of thiazole rings is 1. The van der Waals surface area contributed by atoms with E-state index in [1.165, 1.54) is 18.4 Å². The lowest BCUT2D eigenvalue weighted by Gasteiger charge is -2.16. The minimum absolute atomic E-state index is 0.173. The molecule has 0 N–H and O–H groups in total. The minimum atomic E-state index is -2.81. The van der Waals surface area contributed by atoms with Gasteiger partial charge in [-0.05, 0) is 66.3 Å². The number of ether oxygens (including phenoxy) is 1. The standard InChI is InChI=1S/C24H26F2N2OS/c1-16(2)17-7-11-19(12-8-17)27-24-28(20-5-3-4-6-20)22(15-30-24)18-9-13-21(14-10-18)29-23(25)26/h7-16,20,23H,3-6H2,1-2H3. The van der Waals surface area contributed by atoms with Crippen LogP contribution < -0.4 is 9.54 Å². The van der Waals surface area contributed by atoms with Crippen molar-refractivity contribution in [1.82, 2.24) is 4.57 Å². The maximum atomic E-state index is 12.5. The SMILES string of the molecule is CC(C)c1ccc(N=c2scc(-c3ccc(OC(F)F)cc3)n2C2CCCC2)cc1. The average molecular weight is 429 g/mol. The summed E-state index contributed by atoms with van der Waals surface area (Å²) in [4.78, 5) is 5.92. The van der Waals surface area contributed by atoms with Crippen molar-refractivity contribution in [1.29, 1.82) is 0 Å². The van der Waals surface area contributed by atoms with Crippen molar-refractivity contribution in [3.63, 3.8) is 0 Å². The molecule has 158 valence electrons. The Bertz CT molecular complexity index is 1030. The Kier molecular flexibility index (Phi) is 6.32. The zero-order chi connectivity index (χ0) is 21.1. The summed E-state index contributed by atoms with van der Waals surface area (Å²) in [6.07, 6.45) is 4.71. The molecule has 0 radical (unpaired) electrons. The van der Waals surface area contributed by atoms with Gasteiger partial charge in [-0.1, -0.05) is 38.8 Å². The van der Waals surface area contributed by atoms with Gasteiger partial charge in [0, 0.05) is 11.4 Å². The predicted molar refractivity (Wildman–Crippen MR) is 118 cm³/mol. The molecule has 0 bridgehead atoms. The van der Waals surface area contributed by atoms with Crippen molar-refractivity contribution < 1.29 is 13.5 Å². The first-order valence-electron chi connectivity index (χ1n) is 10.4. The third-order valence-electron chi connectivity index (χ3n) is 5.59. The summed E-state index contributed by atoms with van der Waals surface area (Å²) in [5.41, 5.74) is 4.31. The first-order valence-corrected chi connectivity index (χ1v) is 11.3. The van der Waals surface area contributed by atoms with Crippen molar-refractivity contribution in [3.05, 3.63) is 64.3 Å². The number of nitrogens with zero attached hydrogens (tertiary/aromatic N) is 2. The van der Waals surface area contributed by atoms with E-state index in [0.717, 1.165) is 34.6 Å². The molecule has 0 spiro atoms. The molecule has 0 amide bonds. The third kappa shape index (κ3) is 4.64. The maximum absolute atomic E-state index is 12.5. The average Bonchev–Trinajstić information content (AvgIpc) is 3.38. The van der Waals surface area contributed by atoms with Gasteiger partial charge in [0.2, 0.25) is 0 Å². The topological polar surface area (TPSA) is 26.5 Å². The second kappa shape index (κ2) is 9.13. The molecule has 1 saturated carbocycles. The van der Waals surface area contributed by atoms with Gasteiger partial charge in [0.05, 0.1) is 11.4 Å². The molecule has 0 aliphatic heterocycles. The summed E-state index contributed by atoms with van der Waals surface area (Å²) in [5, 5.41) is 2.11. The smallest absolute Gasteiger partial charge is 0.387 e. The van der Waals surface area contributed by atoms with Gasteiger partial charge in [-0.3, -0.25) is 0 Å². The largest absolute Gasteiger partial charge is 0.435 e. The summed E-state index contributed by atoms with van der Waals surface area (Å²) >= 11 is 1.62. The van der Waals surface area contributed by atoms with Crippen LogP contribution in [0.5, 0.6) is 5.75 Å². The molecule has 30 heavy (non-hydrogen) atoms. The molecule has 1 aliphatic carbocycles. The van der Waals surface area contributed by atoms with Crippen LogP contribution in [-0.2, 0) is 0 Å². The number of halogens is 2. The Labute approximate surface area is 179 Å². The highest BCUT2D eigenvalue weighted by molar-refractivity contribution is 7.07. The second-order valence-electron chi connectivity index (χ2n) is 7.97. The molecule has 3 aromatic rings. The fourth-order valence-corrected chi connectivity index (χ4v) is 4.96. The van der Waals surface area contributed by atoms with Crippen LogP contribution in [0.3, 0.4) is 0 Å². The van der Waals surface area contributed by atoms with Crippen LogP contribution in [0.1, 0.15) is 57.1 Å². The Balaban J connectivity index is 1.72. The molecule has 2 aromatic carbocycles. The van der Waals surface area contributed by atoms with Crippen LogP contribution in [-0.4, -0.2) is 11.2 Å². The third-order valence-corrected chi connectivity index (χ3v) is 6.43. The van der Waals surface area contributed by atoms with Crippen LogP contribution in [0.25, 0.3) is 11.3 Å². The summed E-state index contributed by atoms with van der Waals surface area (Å²) in [7, 11) is 0. The Morgan fingerprint density at radius 3 is 2.27 bits per heavy atom. The Morgan fingerprint density at radius 2 is 1.67 bits per heavy atom. The van der Waals surface area contributed by atoms with E-state index in [0.29, 0.717) is 12.0 Å². The predicted octanol–water partition coefficient (Wildman–Crippen LogP) is 7.29. The van der Waals surface area contributed by atoms with Crippen LogP contribution in [0.2, 0.25) is 0 Å². The maximum Gasteiger partial charge on any atom is 0.387 e. The second-order valence-corrected chi connectivity index (χ2v) is 8.81. The normalized spacial score (nSPS) is 15.5. The van der Waals surface area contributed by atoms with Crippen LogP contribution >= 0.6 is 11.3 Å². The summed E-state index contributed by atoms with van der Waals surface area (Å²) in [5.74, 6) is 0.666. The number of aromatic nitrogens is 1. The molecule has 1 fully saturated rings. The van der Waals surface area contributed by atoms with Crippen molar-refractivity contribution in [2.75, 3.05) is 0 Å². The molecule has 4 rings (SSSR count). The van der Waals surface area contributed by atoms with Gasteiger partial charge in [0.25, 0.3) is 0 Å². The first-order chi connectivity index (χ1) is 14.5. The van der Waals surface area contributed by atoms with Crippen molar-refractivity contribution in [3.8, 4) is 17.0 Å². The highest BCUT2D eigenvalue weighted by atomic mass is 32.1. The molecule has 3 nitrogen and oxygen atoms in total. The Hall–Kier alpha value is -2.47. The molecular weight excluding hydrogens is 402 g/mol. The van der Waals surface area contributed by atoms with Crippen LogP contribution in [0, 0.1) is 0 Å². The van der Waals surface area contributed by atoms with Crippen molar-refractivity contribution >= 4 is 17.0 Å². The zero-order valence-electron chi connectivity index (χ0n) is 17.2. The fraction of sp³-hybridized carbons (Fsp3) is 0.375. The van der Waals surface area contributed by atoms with Gasteiger partial charge in [-0.25, -0.2) is 4.99 Å².